The van der Waals surface area contributed by atoms with Crippen LogP contribution in [0.2, 0.25) is 0 Å². The first-order valence-electron chi connectivity index (χ1n) is 43.7. The zero-order chi connectivity index (χ0) is 87.0. The molecule has 8 heterocycles. The van der Waals surface area contributed by atoms with Crippen molar-refractivity contribution in [2.45, 2.75) is 125 Å². The summed E-state index contributed by atoms with van der Waals surface area (Å²) in [6.45, 7) is 7.01. The third-order valence-corrected chi connectivity index (χ3v) is 25.9. The van der Waals surface area contributed by atoms with E-state index in [9.17, 15) is 38.4 Å². The van der Waals surface area contributed by atoms with Crippen molar-refractivity contribution in [3.63, 3.8) is 0 Å². The van der Waals surface area contributed by atoms with E-state index in [1.54, 1.807) is 115 Å². The summed E-state index contributed by atoms with van der Waals surface area (Å²) in [5.74, 6) is -1.30. The molecule has 0 spiro atoms. The molecular formula is C100H102B2N12O12. The standard InChI is InChI=1S/2C50H51BN6O6/c52-31-33-8-4-10-37(26-33)35-18-22-56(23-19-35)47(59)39-12-6-15-41(28-39)54-46(58)30-50(40-13-2-1-3-14-40)49(61)62-51(63-50)43-16-7-17-44-42(43)29-45(55-44)48(60)57-24-20-36(21-25-57)38-11-5-9-34(27-38)32-53;52-31-33-7-4-9-37(25-33)35-17-21-56(22-18-35)47(59)39-11-6-14-43(28-39)54-46(58)30-50(42-12-2-1-3-13-42)49(61)62-51(63-50)45-29-41-27-40(15-16-44(41)55-45)48(60)57-23-19-36(20-24-57)38-10-5-8-34(26-38)32-53/h1-17,26-29,35-36,55H,18-25,30-32,52-53H2,(H,54,58);1-16,25-29,35-36,55H,17-24,30-32,52-53H2,(H,54,58)/t2*50-/m01/s1. The van der Waals surface area contributed by atoms with Gasteiger partial charge in [-0.05, 0) is 209 Å². The van der Waals surface area contributed by atoms with Crippen LogP contribution >= 0.6 is 0 Å². The Bertz CT molecular complexity index is 6040. The van der Waals surface area contributed by atoms with Crippen molar-refractivity contribution in [1.82, 2.24) is 29.6 Å². The smallest absolute Gasteiger partial charge is 0.503 e. The van der Waals surface area contributed by atoms with E-state index in [0.29, 0.717) is 169 Å². The van der Waals surface area contributed by atoms with Gasteiger partial charge in [0.1, 0.15) is 5.69 Å². The zero-order valence-corrected chi connectivity index (χ0v) is 70.3. The summed E-state index contributed by atoms with van der Waals surface area (Å²) in [7, 11) is -2.31. The molecule has 0 aliphatic carbocycles. The van der Waals surface area contributed by atoms with Gasteiger partial charge in [0.25, 0.3) is 23.6 Å². The first-order valence-corrected chi connectivity index (χ1v) is 43.7. The molecule has 18 rings (SSSR count). The average molecular weight is 1690 g/mol. The number of anilines is 2. The Morgan fingerprint density at radius 2 is 0.738 bits per heavy atom. The third kappa shape index (κ3) is 18.4. The molecule has 0 unspecified atom stereocenters. The van der Waals surface area contributed by atoms with E-state index >= 15 is 0 Å². The van der Waals surface area contributed by atoms with Crippen LogP contribution < -0.4 is 44.6 Å². The number of nitrogens with zero attached hydrogens (tertiary/aromatic N) is 4. The lowest BCUT2D eigenvalue weighted by Gasteiger charge is -2.32. The molecule has 0 saturated carbocycles. The van der Waals surface area contributed by atoms with Crippen molar-refractivity contribution in [2.24, 2.45) is 22.9 Å². The highest BCUT2D eigenvalue weighted by molar-refractivity contribution is 6.67. The van der Waals surface area contributed by atoms with Crippen molar-refractivity contribution >= 4 is 106 Å². The summed E-state index contributed by atoms with van der Waals surface area (Å²) in [5.41, 5.74) is 35.5. The molecule has 6 fully saturated rings. The molecular weight excluding hydrogens is 1580 g/mol. The van der Waals surface area contributed by atoms with Crippen molar-refractivity contribution in [1.29, 1.82) is 0 Å². The number of carbonyl (C=O) groups excluding carboxylic acids is 8. The number of hydrogen-bond acceptors (Lipinski definition) is 16. The van der Waals surface area contributed by atoms with Gasteiger partial charge in [0.2, 0.25) is 11.8 Å². The van der Waals surface area contributed by atoms with Crippen molar-refractivity contribution < 1.29 is 57.0 Å². The minimum atomic E-state index is -1.78. The van der Waals surface area contributed by atoms with Gasteiger partial charge < -0.3 is 81.8 Å². The normalized spacial score (nSPS) is 18.4. The fraction of sp³-hybridized carbons (Fsp3) is 0.280. The fourth-order valence-corrected chi connectivity index (χ4v) is 18.9. The number of fused-ring (bicyclic) bond motifs is 2. The molecule has 12 N–H and O–H groups in total. The minimum absolute atomic E-state index is 0.0354. The predicted octanol–water partition coefficient (Wildman–Crippen LogP) is 12.6. The molecule has 24 nitrogen and oxygen atoms in total. The first kappa shape index (κ1) is 85.1. The number of nitrogens with one attached hydrogen (secondary N) is 4. The molecule has 2 aromatic heterocycles. The monoisotopic (exact) mass is 1680 g/mol. The van der Waals surface area contributed by atoms with Gasteiger partial charge in [-0.3, -0.25) is 38.4 Å². The highest BCUT2D eigenvalue weighted by atomic mass is 16.7. The Morgan fingerprint density at radius 1 is 0.365 bits per heavy atom. The van der Waals surface area contributed by atoms with Gasteiger partial charge in [-0.1, -0.05) is 182 Å². The van der Waals surface area contributed by atoms with Crippen LogP contribution in [-0.4, -0.2) is 144 Å². The van der Waals surface area contributed by atoms with Gasteiger partial charge in [-0.2, -0.15) is 0 Å². The maximum Gasteiger partial charge on any atom is 0.583 e. The second-order valence-corrected chi connectivity index (χ2v) is 33.8. The van der Waals surface area contributed by atoms with Crippen LogP contribution in [0, 0.1) is 0 Å². The van der Waals surface area contributed by atoms with E-state index in [4.69, 9.17) is 41.6 Å². The molecule has 6 aliphatic rings. The van der Waals surface area contributed by atoms with Crippen molar-refractivity contribution in [3.8, 4) is 0 Å². The fourth-order valence-electron chi connectivity index (χ4n) is 18.9. The van der Waals surface area contributed by atoms with E-state index in [1.807, 2.05) is 111 Å². The molecule has 126 heavy (non-hydrogen) atoms. The number of rotatable bonds is 22. The molecule has 640 valence electrons. The number of H-pyrrole nitrogens is 2. The lowest BCUT2D eigenvalue weighted by atomic mass is 9.76. The molecule has 2 atom stereocenters. The molecule has 0 radical (unpaired) electrons. The lowest BCUT2D eigenvalue weighted by Crippen LogP contribution is -2.40. The topological polar surface area (TPSA) is 346 Å². The molecule has 0 bridgehead atoms. The van der Waals surface area contributed by atoms with Crippen LogP contribution in [-0.2, 0) is 75.2 Å². The first-order chi connectivity index (χ1) is 61.4. The van der Waals surface area contributed by atoms with E-state index in [1.165, 1.54) is 22.3 Å². The number of likely N-dealkylation sites (tertiary alicyclic amines) is 4. The van der Waals surface area contributed by atoms with Crippen LogP contribution in [0.5, 0.6) is 0 Å². The summed E-state index contributed by atoms with van der Waals surface area (Å²) < 4.78 is 24.9. The Hall–Kier alpha value is -13.1. The van der Waals surface area contributed by atoms with Crippen LogP contribution in [0.25, 0.3) is 21.8 Å². The quantitative estimate of drug-likeness (QED) is 0.0292. The second-order valence-electron chi connectivity index (χ2n) is 33.8. The third-order valence-electron chi connectivity index (χ3n) is 25.9. The summed E-state index contributed by atoms with van der Waals surface area (Å²) in [5, 5.41) is 7.24. The second kappa shape index (κ2) is 37.8. The van der Waals surface area contributed by atoms with Crippen LogP contribution in [0.4, 0.5) is 11.4 Å². The van der Waals surface area contributed by atoms with E-state index in [0.717, 1.165) is 84.5 Å². The molecule has 26 heteroatoms. The predicted molar refractivity (Wildman–Crippen MR) is 486 cm³/mol. The van der Waals surface area contributed by atoms with Crippen LogP contribution in [0.1, 0.15) is 185 Å². The number of carbonyl (C=O) groups is 8. The number of aromatic amines is 2. The Labute approximate surface area is 732 Å². The largest absolute Gasteiger partial charge is 0.583 e. The van der Waals surface area contributed by atoms with Gasteiger partial charge in [-0.25, -0.2) is 0 Å². The number of benzene rings is 10. The molecule has 10 aromatic carbocycles. The molecule has 6 aliphatic heterocycles. The Balaban J connectivity index is 0.000000178. The maximum absolute atomic E-state index is 14.1. The number of aromatic nitrogens is 2. The Kier molecular flexibility index (Phi) is 25.5. The van der Waals surface area contributed by atoms with Gasteiger partial charge in [-0.15, -0.1) is 0 Å². The number of amides is 6. The minimum Gasteiger partial charge on any atom is -0.503 e. The lowest BCUT2D eigenvalue weighted by molar-refractivity contribution is -0.147. The van der Waals surface area contributed by atoms with Crippen molar-refractivity contribution in [2.75, 3.05) is 63.0 Å². The summed E-state index contributed by atoms with van der Waals surface area (Å²) in [4.78, 5) is 125. The summed E-state index contributed by atoms with van der Waals surface area (Å²) in [6.07, 6.45) is 6.07. The van der Waals surface area contributed by atoms with Crippen LogP contribution in [0.15, 0.2) is 255 Å². The van der Waals surface area contributed by atoms with Gasteiger partial charge in [0, 0.05) is 128 Å². The Morgan fingerprint density at radius 3 is 1.15 bits per heavy atom. The van der Waals surface area contributed by atoms with Gasteiger partial charge >= 0.3 is 26.2 Å². The molecule has 6 saturated heterocycles. The number of piperidine rings is 4. The summed E-state index contributed by atoms with van der Waals surface area (Å²) >= 11 is 0. The number of nitrogens with two attached hydrogens (primary N) is 4. The molecule has 12 aromatic rings. The zero-order valence-electron chi connectivity index (χ0n) is 70.3. The molecule has 6 amide bonds. The maximum atomic E-state index is 14.1. The van der Waals surface area contributed by atoms with E-state index < -0.39 is 49.2 Å². The van der Waals surface area contributed by atoms with Crippen molar-refractivity contribution in [3.05, 3.63) is 333 Å². The summed E-state index contributed by atoms with van der Waals surface area (Å²) in [6, 6.07) is 79.4. The highest BCUT2D eigenvalue weighted by Gasteiger charge is 2.58. The number of hydrogen-bond donors (Lipinski definition) is 8. The van der Waals surface area contributed by atoms with Gasteiger partial charge in [0.05, 0.1) is 18.4 Å². The van der Waals surface area contributed by atoms with Gasteiger partial charge in [0.15, 0.2) is 11.2 Å². The highest BCUT2D eigenvalue weighted by Crippen LogP contribution is 2.42. The average Bonchev–Trinajstić information content (AvgIpc) is 1.60. The van der Waals surface area contributed by atoms with Crippen LogP contribution in [0.3, 0.4) is 0 Å². The van der Waals surface area contributed by atoms with E-state index in [2.05, 4.69) is 69.1 Å². The SMILES string of the molecule is NCc1cccc(C2CCN(C(=O)c3cccc(NC(=O)C[C@@]4(c5ccccc5)OB(c5cccc6[nH]c(C(=O)N7CCC(c8cccc(CN)c8)CC7)cc56)OC4=O)c3)CC2)c1.NCc1cccc(C2CCN(C(=O)c3cccc(NC(=O)C[C@]4(c5ccccc5)OB(c5cc6cc(C(=O)N7CCC(c8cccc(CN)c8)CC7)ccc6[nH]5)OC4=O)c3)CC2)c1. The van der Waals surface area contributed by atoms with E-state index in [-0.39, 0.29) is 36.5 Å².